The van der Waals surface area contributed by atoms with Crippen molar-refractivity contribution < 1.29 is 27.9 Å². The number of rotatable bonds is 4. The first-order valence-corrected chi connectivity index (χ1v) is 10.1. The third kappa shape index (κ3) is 6.92. The summed E-state index contributed by atoms with van der Waals surface area (Å²) < 4.78 is 31.7. The Morgan fingerprint density at radius 1 is 1.20 bits per heavy atom. The van der Waals surface area contributed by atoms with Crippen LogP contribution in [0.15, 0.2) is 47.5 Å². The number of pyridine rings is 1. The highest BCUT2D eigenvalue weighted by molar-refractivity contribution is 7.98. The van der Waals surface area contributed by atoms with Gasteiger partial charge in [0.1, 0.15) is 5.82 Å². The maximum absolute atomic E-state index is 12.5. The number of hydrogen-bond acceptors (Lipinski definition) is 6. The van der Waals surface area contributed by atoms with Gasteiger partial charge in [0.05, 0.1) is 5.56 Å². The van der Waals surface area contributed by atoms with Crippen molar-refractivity contribution in [3.63, 3.8) is 0 Å². The Hall–Kier alpha value is -2.79. The lowest BCUT2D eigenvalue weighted by molar-refractivity contribution is -0.192. The monoisotopic (exact) mass is 442 g/mol. The van der Waals surface area contributed by atoms with E-state index in [-0.39, 0.29) is 5.91 Å². The topological polar surface area (TPSA) is 94.6 Å². The highest BCUT2D eigenvalue weighted by atomic mass is 32.2. The molecule has 3 N–H and O–H groups in total. The van der Waals surface area contributed by atoms with Crippen LogP contribution in [-0.2, 0) is 4.79 Å². The minimum Gasteiger partial charge on any atom is -0.475 e. The summed E-state index contributed by atoms with van der Waals surface area (Å²) >= 11 is 1.57. The molecule has 162 valence electrons. The summed E-state index contributed by atoms with van der Waals surface area (Å²) in [5.74, 6) is -1.94. The number of carbonyl (C=O) groups excluding carboxylic acids is 1. The van der Waals surface area contributed by atoms with Crippen LogP contribution in [0.4, 0.5) is 24.7 Å². The standard InChI is InChI=1S/C17H20N4OS.C2HF3O2/c1-23-15-5-3-2-4-14(15)17(22)20-13-6-7-19-16(12-13)21-10-8-18-9-11-21;3-2(4,5)1(6)7/h2-7,12,18H,8-11H2,1H3,(H,19,20,22);(H,6,7). The molecule has 2 heterocycles. The number of aromatic nitrogens is 1. The number of nitrogens with one attached hydrogen (secondary N) is 2. The van der Waals surface area contributed by atoms with Gasteiger partial charge >= 0.3 is 12.1 Å². The number of nitrogens with zero attached hydrogens (tertiary/aromatic N) is 2. The number of carbonyl (C=O) groups is 2. The van der Waals surface area contributed by atoms with Gasteiger partial charge in [-0.05, 0) is 24.5 Å². The van der Waals surface area contributed by atoms with E-state index in [0.717, 1.165) is 42.6 Å². The fraction of sp³-hybridized carbons (Fsp3) is 0.316. The van der Waals surface area contributed by atoms with E-state index in [1.54, 1.807) is 18.0 Å². The van der Waals surface area contributed by atoms with E-state index in [9.17, 15) is 18.0 Å². The van der Waals surface area contributed by atoms with Crippen LogP contribution >= 0.6 is 11.8 Å². The minimum atomic E-state index is -5.08. The lowest BCUT2D eigenvalue weighted by atomic mass is 10.2. The molecule has 0 radical (unpaired) electrons. The molecule has 1 aromatic carbocycles. The van der Waals surface area contributed by atoms with Crippen molar-refractivity contribution in [3.8, 4) is 0 Å². The summed E-state index contributed by atoms with van der Waals surface area (Å²) in [7, 11) is 0. The molecule has 1 amide bonds. The second kappa shape index (κ2) is 10.8. The molecule has 1 aromatic heterocycles. The highest BCUT2D eigenvalue weighted by Crippen LogP contribution is 2.22. The zero-order valence-electron chi connectivity index (χ0n) is 16.1. The van der Waals surface area contributed by atoms with Crippen molar-refractivity contribution in [2.45, 2.75) is 11.1 Å². The Morgan fingerprint density at radius 3 is 2.43 bits per heavy atom. The molecule has 3 rings (SSSR count). The van der Waals surface area contributed by atoms with Crippen molar-refractivity contribution in [3.05, 3.63) is 48.2 Å². The molecule has 1 aliphatic rings. The predicted molar refractivity (Wildman–Crippen MR) is 109 cm³/mol. The van der Waals surface area contributed by atoms with Crippen molar-refractivity contribution in [2.75, 3.05) is 42.7 Å². The van der Waals surface area contributed by atoms with Crippen LogP contribution in [0, 0.1) is 0 Å². The molecule has 0 unspecified atom stereocenters. The number of carboxylic acid groups (broad SMARTS) is 1. The predicted octanol–water partition coefficient (Wildman–Crippen LogP) is 3.10. The van der Waals surface area contributed by atoms with Crippen LogP contribution in [0.1, 0.15) is 10.4 Å². The molecular formula is C19H21F3N4O3S. The lowest BCUT2D eigenvalue weighted by Gasteiger charge is -2.28. The molecule has 0 bridgehead atoms. The van der Waals surface area contributed by atoms with E-state index >= 15 is 0 Å². The summed E-state index contributed by atoms with van der Waals surface area (Å²) in [5, 5.41) is 13.4. The van der Waals surface area contributed by atoms with E-state index in [0.29, 0.717) is 5.56 Å². The van der Waals surface area contributed by atoms with Crippen molar-refractivity contribution in [1.82, 2.24) is 10.3 Å². The number of halogens is 3. The third-order valence-corrected chi connectivity index (χ3v) is 4.83. The summed E-state index contributed by atoms with van der Waals surface area (Å²) in [6.07, 6.45) is -1.37. The number of anilines is 2. The largest absolute Gasteiger partial charge is 0.490 e. The van der Waals surface area contributed by atoms with Gasteiger partial charge in [0.2, 0.25) is 0 Å². The minimum absolute atomic E-state index is 0.0904. The van der Waals surface area contributed by atoms with E-state index in [1.165, 1.54) is 0 Å². The average Bonchev–Trinajstić information content (AvgIpc) is 2.74. The molecular weight excluding hydrogens is 421 g/mol. The van der Waals surface area contributed by atoms with Crippen LogP contribution in [0.5, 0.6) is 0 Å². The molecule has 1 saturated heterocycles. The van der Waals surface area contributed by atoms with E-state index in [2.05, 4.69) is 20.5 Å². The van der Waals surface area contributed by atoms with Gasteiger partial charge < -0.3 is 20.6 Å². The normalized spacial score (nSPS) is 13.8. The number of piperazine rings is 1. The molecule has 0 aliphatic carbocycles. The van der Waals surface area contributed by atoms with Crippen molar-refractivity contribution in [2.24, 2.45) is 0 Å². The van der Waals surface area contributed by atoms with Crippen molar-refractivity contribution in [1.29, 1.82) is 0 Å². The maximum Gasteiger partial charge on any atom is 0.490 e. The zero-order valence-corrected chi connectivity index (χ0v) is 16.9. The molecule has 1 aliphatic heterocycles. The van der Waals surface area contributed by atoms with E-state index in [4.69, 9.17) is 9.90 Å². The lowest BCUT2D eigenvalue weighted by Crippen LogP contribution is -2.43. The number of amides is 1. The molecule has 30 heavy (non-hydrogen) atoms. The Kier molecular flexibility index (Phi) is 8.48. The first-order chi connectivity index (χ1) is 14.2. The van der Waals surface area contributed by atoms with Gasteiger partial charge in [-0.15, -0.1) is 11.8 Å². The van der Waals surface area contributed by atoms with Crippen LogP contribution < -0.4 is 15.5 Å². The fourth-order valence-corrected chi connectivity index (χ4v) is 3.19. The van der Waals surface area contributed by atoms with E-state index < -0.39 is 12.1 Å². The van der Waals surface area contributed by atoms with Gasteiger partial charge in [-0.1, -0.05) is 12.1 Å². The van der Waals surface area contributed by atoms with Gasteiger partial charge in [0.25, 0.3) is 5.91 Å². The number of aliphatic carboxylic acids is 1. The van der Waals surface area contributed by atoms with Gasteiger partial charge in [0.15, 0.2) is 0 Å². The Morgan fingerprint density at radius 2 is 1.83 bits per heavy atom. The molecule has 11 heteroatoms. The molecule has 1 fully saturated rings. The average molecular weight is 442 g/mol. The Balaban J connectivity index is 0.000000396. The summed E-state index contributed by atoms with van der Waals surface area (Å²) in [6.45, 7) is 3.78. The number of thioether (sulfide) groups is 1. The highest BCUT2D eigenvalue weighted by Gasteiger charge is 2.38. The summed E-state index contributed by atoms with van der Waals surface area (Å²) in [5.41, 5.74) is 1.47. The smallest absolute Gasteiger partial charge is 0.475 e. The van der Waals surface area contributed by atoms with Gasteiger partial charge in [-0.25, -0.2) is 9.78 Å². The van der Waals surface area contributed by atoms with Gasteiger partial charge in [-0.3, -0.25) is 4.79 Å². The molecule has 0 spiro atoms. The van der Waals surface area contributed by atoms with Gasteiger partial charge in [-0.2, -0.15) is 13.2 Å². The SMILES string of the molecule is CSc1ccccc1C(=O)Nc1ccnc(N2CCNCC2)c1.O=C(O)C(F)(F)F. The van der Waals surface area contributed by atoms with Crippen LogP contribution in [0.3, 0.4) is 0 Å². The number of alkyl halides is 3. The Labute approximate surface area is 175 Å². The third-order valence-electron chi connectivity index (χ3n) is 4.04. The molecule has 7 nitrogen and oxygen atoms in total. The fourth-order valence-electron chi connectivity index (χ4n) is 2.59. The van der Waals surface area contributed by atoms with Crippen LogP contribution in [-0.4, -0.2) is 60.6 Å². The van der Waals surface area contributed by atoms with Crippen LogP contribution in [0.25, 0.3) is 0 Å². The second-order valence-electron chi connectivity index (χ2n) is 6.10. The van der Waals surface area contributed by atoms with Crippen LogP contribution in [0.2, 0.25) is 0 Å². The van der Waals surface area contributed by atoms with Crippen molar-refractivity contribution >= 4 is 35.1 Å². The first-order valence-electron chi connectivity index (χ1n) is 8.88. The van der Waals surface area contributed by atoms with Gasteiger partial charge in [0, 0.05) is 49.0 Å². The number of benzene rings is 1. The maximum atomic E-state index is 12.5. The summed E-state index contributed by atoms with van der Waals surface area (Å²) in [4.78, 5) is 29.0. The number of hydrogen-bond donors (Lipinski definition) is 3. The van der Waals surface area contributed by atoms with E-state index in [1.807, 2.05) is 42.7 Å². The summed E-state index contributed by atoms with van der Waals surface area (Å²) in [6, 6.07) is 11.4. The zero-order chi connectivity index (χ0) is 22.1. The second-order valence-corrected chi connectivity index (χ2v) is 6.95. The molecule has 0 saturated carbocycles. The quantitative estimate of drug-likeness (QED) is 0.627. The molecule has 2 aromatic rings. The first kappa shape index (κ1) is 23.5. The Bertz CT molecular complexity index is 874. The number of carboxylic acids is 1. The molecule has 0 atom stereocenters.